The van der Waals surface area contributed by atoms with Crippen LogP contribution in [0.25, 0.3) is 0 Å². The van der Waals surface area contributed by atoms with Crippen LogP contribution in [0, 0.1) is 0 Å². The van der Waals surface area contributed by atoms with Crippen LogP contribution in [0.4, 0.5) is 0 Å². The number of hydrogen-bond acceptors (Lipinski definition) is 6. The first-order chi connectivity index (χ1) is 39.0. The minimum absolute atomic E-state index is 0.0669. The lowest BCUT2D eigenvalue weighted by atomic mass is 10.0. The molecule has 0 N–H and O–H groups in total. The summed E-state index contributed by atoms with van der Waals surface area (Å²) < 4.78 is 17.0. The Labute approximate surface area is 493 Å². The van der Waals surface area contributed by atoms with Crippen LogP contribution in [0.15, 0.2) is 36.5 Å². The molecule has 0 aliphatic heterocycles. The summed E-state index contributed by atoms with van der Waals surface area (Å²) in [5.74, 6) is -0.840. The summed E-state index contributed by atoms with van der Waals surface area (Å²) in [7, 11) is 0. The average Bonchev–Trinajstić information content (AvgIpc) is 3.45. The summed E-state index contributed by atoms with van der Waals surface area (Å²) in [6, 6.07) is 0. The fraction of sp³-hybridized carbons (Fsp3) is 0.877. The third kappa shape index (κ3) is 66.3. The second kappa shape index (κ2) is 68.1. The third-order valence-electron chi connectivity index (χ3n) is 16.1. The topological polar surface area (TPSA) is 78.9 Å². The van der Waals surface area contributed by atoms with E-state index in [1.54, 1.807) is 0 Å². The Morgan fingerprint density at radius 2 is 0.456 bits per heavy atom. The minimum atomic E-state index is -0.770. The van der Waals surface area contributed by atoms with E-state index in [1.165, 1.54) is 289 Å². The Bertz CT molecular complexity index is 1320. The zero-order valence-electron chi connectivity index (χ0n) is 53.4. The number of hydrogen-bond donors (Lipinski definition) is 0. The lowest BCUT2D eigenvalue weighted by molar-refractivity contribution is -0.167. The van der Waals surface area contributed by atoms with E-state index in [0.717, 1.165) is 64.2 Å². The number of carbonyl (C=O) groups excluding carboxylic acids is 3. The van der Waals surface area contributed by atoms with Crippen molar-refractivity contribution in [3.05, 3.63) is 36.5 Å². The molecule has 0 bridgehead atoms. The molecule has 0 saturated carbocycles. The Kier molecular flexibility index (Phi) is 66.1. The van der Waals surface area contributed by atoms with Crippen LogP contribution in [0.1, 0.15) is 393 Å². The Balaban J connectivity index is 4.18. The quantitative estimate of drug-likeness (QED) is 0.0261. The first-order valence-corrected chi connectivity index (χ1v) is 35.5. The van der Waals surface area contributed by atoms with Crippen molar-refractivity contribution in [1.29, 1.82) is 0 Å². The van der Waals surface area contributed by atoms with Gasteiger partial charge in [0.25, 0.3) is 0 Å². The van der Waals surface area contributed by atoms with E-state index in [4.69, 9.17) is 14.2 Å². The predicted octanol–water partition coefficient (Wildman–Crippen LogP) is 24.3. The number of allylic oxidation sites excluding steroid dienone is 6. The lowest BCUT2D eigenvalue weighted by Gasteiger charge is -2.18. The van der Waals surface area contributed by atoms with E-state index in [0.29, 0.717) is 19.3 Å². The molecule has 0 aliphatic rings. The largest absolute Gasteiger partial charge is 0.462 e. The summed E-state index contributed by atoms with van der Waals surface area (Å²) in [4.78, 5) is 38.4. The molecule has 0 rings (SSSR count). The molecule has 0 spiro atoms. The van der Waals surface area contributed by atoms with E-state index < -0.39 is 6.10 Å². The molecule has 1 atom stereocenters. The number of rotatable bonds is 66. The van der Waals surface area contributed by atoms with Gasteiger partial charge in [-0.1, -0.05) is 333 Å². The molecule has 0 aliphatic carbocycles. The molecule has 0 radical (unpaired) electrons. The normalized spacial score (nSPS) is 12.2. The second-order valence-corrected chi connectivity index (χ2v) is 24.1. The average molecular weight is 1110 g/mol. The van der Waals surface area contributed by atoms with Crippen molar-refractivity contribution < 1.29 is 28.6 Å². The van der Waals surface area contributed by atoms with Crippen molar-refractivity contribution in [3.63, 3.8) is 0 Å². The van der Waals surface area contributed by atoms with Crippen LogP contribution in [0.2, 0.25) is 0 Å². The summed E-state index contributed by atoms with van der Waals surface area (Å²) in [6.07, 6.45) is 84.6. The van der Waals surface area contributed by atoms with E-state index in [-0.39, 0.29) is 31.1 Å². The van der Waals surface area contributed by atoms with Gasteiger partial charge in [-0.2, -0.15) is 0 Å². The van der Waals surface area contributed by atoms with Crippen LogP contribution < -0.4 is 0 Å². The first kappa shape index (κ1) is 76.6. The van der Waals surface area contributed by atoms with Crippen molar-refractivity contribution in [1.82, 2.24) is 0 Å². The summed E-state index contributed by atoms with van der Waals surface area (Å²) in [5.41, 5.74) is 0. The molecule has 6 heteroatoms. The van der Waals surface area contributed by atoms with Gasteiger partial charge in [-0.25, -0.2) is 0 Å². The highest BCUT2D eigenvalue weighted by molar-refractivity contribution is 5.71. The minimum Gasteiger partial charge on any atom is -0.462 e. The standard InChI is InChI=1S/C73H136O6/c1-4-7-10-13-16-19-22-25-27-29-31-32-33-34-35-36-37-38-39-40-42-43-45-48-51-54-57-60-63-66-72(75)78-69-70(68-77-71(74)65-62-59-56-53-50-47-24-21-18-15-12-9-6-3)79-73(76)67-64-61-58-55-52-49-46-44-41-30-28-26-23-20-17-14-11-8-5-2/h22,25-26,28-29,31,70H,4-21,23-24,27,30,32-69H2,1-3H3/b25-22-,28-26-,31-29-. The van der Waals surface area contributed by atoms with Gasteiger partial charge in [0.05, 0.1) is 0 Å². The summed E-state index contributed by atoms with van der Waals surface area (Å²) >= 11 is 0. The third-order valence-corrected chi connectivity index (χ3v) is 16.1. The fourth-order valence-electron chi connectivity index (χ4n) is 10.8. The van der Waals surface area contributed by atoms with Gasteiger partial charge >= 0.3 is 17.9 Å². The molecule has 0 aromatic heterocycles. The Morgan fingerprint density at radius 1 is 0.253 bits per heavy atom. The van der Waals surface area contributed by atoms with Gasteiger partial charge in [-0.05, 0) is 77.0 Å². The van der Waals surface area contributed by atoms with E-state index in [1.807, 2.05) is 0 Å². The van der Waals surface area contributed by atoms with Gasteiger partial charge in [0, 0.05) is 19.3 Å². The second-order valence-electron chi connectivity index (χ2n) is 24.1. The maximum absolute atomic E-state index is 12.9. The van der Waals surface area contributed by atoms with Gasteiger partial charge in [0.1, 0.15) is 13.2 Å². The van der Waals surface area contributed by atoms with Crippen molar-refractivity contribution in [2.45, 2.75) is 399 Å². The van der Waals surface area contributed by atoms with Gasteiger partial charge in [0.2, 0.25) is 0 Å². The van der Waals surface area contributed by atoms with Crippen LogP contribution in [0.5, 0.6) is 0 Å². The molecule has 0 saturated heterocycles. The zero-order chi connectivity index (χ0) is 57.1. The molecule has 0 heterocycles. The molecule has 1 unspecified atom stereocenters. The van der Waals surface area contributed by atoms with Crippen molar-refractivity contribution in [2.24, 2.45) is 0 Å². The smallest absolute Gasteiger partial charge is 0.306 e. The molecule has 0 amide bonds. The van der Waals surface area contributed by atoms with Crippen LogP contribution >= 0.6 is 0 Å². The number of unbranched alkanes of at least 4 members (excludes halogenated alkanes) is 49. The number of esters is 3. The first-order valence-electron chi connectivity index (χ1n) is 35.5. The maximum Gasteiger partial charge on any atom is 0.306 e. The van der Waals surface area contributed by atoms with Crippen molar-refractivity contribution in [3.8, 4) is 0 Å². The van der Waals surface area contributed by atoms with Gasteiger partial charge in [-0.15, -0.1) is 0 Å². The van der Waals surface area contributed by atoms with Crippen LogP contribution in [-0.4, -0.2) is 37.2 Å². The van der Waals surface area contributed by atoms with Crippen molar-refractivity contribution >= 4 is 17.9 Å². The Morgan fingerprint density at radius 3 is 0.709 bits per heavy atom. The van der Waals surface area contributed by atoms with E-state index in [2.05, 4.69) is 57.2 Å². The lowest BCUT2D eigenvalue weighted by Crippen LogP contribution is -2.30. The summed E-state index contributed by atoms with van der Waals surface area (Å²) in [5, 5.41) is 0. The maximum atomic E-state index is 12.9. The zero-order valence-corrected chi connectivity index (χ0v) is 53.4. The molecule has 79 heavy (non-hydrogen) atoms. The molecule has 0 aromatic rings. The predicted molar refractivity (Wildman–Crippen MR) is 344 cm³/mol. The molecule has 0 fully saturated rings. The molecule has 464 valence electrons. The van der Waals surface area contributed by atoms with Crippen LogP contribution in [0.3, 0.4) is 0 Å². The molecule has 6 nitrogen and oxygen atoms in total. The summed E-state index contributed by atoms with van der Waals surface area (Å²) in [6.45, 7) is 6.69. The highest BCUT2D eigenvalue weighted by atomic mass is 16.6. The van der Waals surface area contributed by atoms with Crippen molar-refractivity contribution in [2.75, 3.05) is 13.2 Å². The number of carbonyl (C=O) groups is 3. The SMILES string of the molecule is CCCCCCC/C=C\C/C=C\CCCCCCCCCCCCCCCCCCCC(=O)OCC(COC(=O)CCCCCCCCCCCCCCC)OC(=O)CCCCCCCCCCC/C=C\CCCCCCCC. The van der Waals surface area contributed by atoms with Gasteiger partial charge < -0.3 is 14.2 Å². The highest BCUT2D eigenvalue weighted by Crippen LogP contribution is 2.18. The van der Waals surface area contributed by atoms with E-state index >= 15 is 0 Å². The van der Waals surface area contributed by atoms with Crippen LogP contribution in [-0.2, 0) is 28.6 Å². The van der Waals surface area contributed by atoms with E-state index in [9.17, 15) is 14.4 Å². The molecular weight excluding hydrogens is 973 g/mol. The Hall–Kier alpha value is -2.37. The fourth-order valence-corrected chi connectivity index (χ4v) is 10.8. The highest BCUT2D eigenvalue weighted by Gasteiger charge is 2.19. The molecular formula is C73H136O6. The van der Waals surface area contributed by atoms with Gasteiger partial charge in [-0.3, -0.25) is 14.4 Å². The number of ether oxygens (including phenoxy) is 3. The monoisotopic (exact) mass is 1110 g/mol. The molecule has 0 aromatic carbocycles. The van der Waals surface area contributed by atoms with Gasteiger partial charge in [0.15, 0.2) is 6.10 Å².